The molecule has 4 nitrogen and oxygen atoms in total. The second kappa shape index (κ2) is 7.54. The first-order valence-corrected chi connectivity index (χ1v) is 9.70. The third-order valence-electron chi connectivity index (χ3n) is 3.60. The number of rotatable bonds is 5. The van der Waals surface area contributed by atoms with Gasteiger partial charge in [-0.2, -0.15) is 4.31 Å². The Morgan fingerprint density at radius 1 is 1.15 bits per heavy atom. The molecule has 0 saturated carbocycles. The Labute approximate surface area is 126 Å². The fourth-order valence-electron chi connectivity index (χ4n) is 2.43. The van der Waals surface area contributed by atoms with E-state index in [1.54, 1.807) is 10.4 Å². The third kappa shape index (κ3) is 4.04. The van der Waals surface area contributed by atoms with Gasteiger partial charge in [0, 0.05) is 24.5 Å². The van der Waals surface area contributed by atoms with Gasteiger partial charge < -0.3 is 5.32 Å². The van der Waals surface area contributed by atoms with E-state index in [1.807, 2.05) is 13.0 Å². The molecule has 0 bridgehead atoms. The average molecular weight is 316 g/mol. The monoisotopic (exact) mass is 316 g/mol. The molecule has 0 amide bonds. The van der Waals surface area contributed by atoms with Crippen molar-refractivity contribution in [2.75, 3.05) is 19.6 Å². The first-order valence-electron chi connectivity index (χ1n) is 7.44. The fourth-order valence-corrected chi connectivity index (χ4v) is 5.42. The third-order valence-corrected chi connectivity index (χ3v) is 7.05. The van der Waals surface area contributed by atoms with Crippen LogP contribution >= 0.6 is 11.3 Å². The molecule has 0 unspecified atom stereocenters. The molecule has 1 aliphatic heterocycles. The van der Waals surface area contributed by atoms with Gasteiger partial charge in [-0.3, -0.25) is 0 Å². The Bertz CT molecular complexity index is 503. The Kier molecular flexibility index (Phi) is 6.01. The molecule has 2 heterocycles. The van der Waals surface area contributed by atoms with Gasteiger partial charge in [0.15, 0.2) is 0 Å². The fraction of sp³-hybridized carbons (Fsp3) is 0.714. The molecule has 2 rings (SSSR count). The summed E-state index contributed by atoms with van der Waals surface area (Å²) in [7, 11) is -3.28. The predicted molar refractivity (Wildman–Crippen MR) is 83.5 cm³/mol. The lowest BCUT2D eigenvalue weighted by molar-refractivity contribution is 0.365. The van der Waals surface area contributed by atoms with Crippen LogP contribution in [0.25, 0.3) is 0 Å². The molecule has 1 aromatic rings. The lowest BCUT2D eigenvalue weighted by Crippen LogP contribution is -2.33. The zero-order valence-electron chi connectivity index (χ0n) is 12.1. The summed E-state index contributed by atoms with van der Waals surface area (Å²) in [5, 5.41) is 3.23. The molecule has 1 saturated heterocycles. The zero-order valence-corrected chi connectivity index (χ0v) is 13.7. The number of hydrogen-bond donors (Lipinski definition) is 1. The SMILES string of the molecule is CCNCc1ccc(S(=O)(=O)N2CCCCCCC2)s1. The number of hydrogen-bond acceptors (Lipinski definition) is 4. The van der Waals surface area contributed by atoms with Crippen molar-refractivity contribution >= 4 is 21.4 Å². The summed E-state index contributed by atoms with van der Waals surface area (Å²) >= 11 is 1.39. The highest BCUT2D eigenvalue weighted by Gasteiger charge is 2.26. The molecular weight excluding hydrogens is 292 g/mol. The maximum absolute atomic E-state index is 12.7. The van der Waals surface area contributed by atoms with Gasteiger partial charge in [0.1, 0.15) is 4.21 Å². The van der Waals surface area contributed by atoms with E-state index in [0.717, 1.165) is 43.6 Å². The van der Waals surface area contributed by atoms with E-state index in [4.69, 9.17) is 0 Å². The minimum atomic E-state index is -3.28. The Balaban J connectivity index is 2.09. The standard InChI is InChI=1S/C14H24N2O2S2/c1-2-15-12-13-8-9-14(19-13)20(17,18)16-10-6-4-3-5-7-11-16/h8-9,15H,2-7,10-12H2,1H3. The van der Waals surface area contributed by atoms with Crippen molar-refractivity contribution in [1.29, 1.82) is 0 Å². The molecule has 0 radical (unpaired) electrons. The molecule has 1 aromatic heterocycles. The van der Waals surface area contributed by atoms with Gasteiger partial charge in [-0.15, -0.1) is 11.3 Å². The number of thiophene rings is 1. The highest BCUT2D eigenvalue weighted by atomic mass is 32.2. The summed E-state index contributed by atoms with van der Waals surface area (Å²) in [6.45, 7) is 5.03. The Morgan fingerprint density at radius 3 is 2.45 bits per heavy atom. The summed E-state index contributed by atoms with van der Waals surface area (Å²) in [5.74, 6) is 0. The molecule has 0 aromatic carbocycles. The number of nitrogens with one attached hydrogen (secondary N) is 1. The number of nitrogens with zero attached hydrogens (tertiary/aromatic N) is 1. The van der Waals surface area contributed by atoms with Crippen LogP contribution in [0, 0.1) is 0 Å². The van der Waals surface area contributed by atoms with Crippen molar-refractivity contribution in [3.05, 3.63) is 17.0 Å². The van der Waals surface area contributed by atoms with Crippen molar-refractivity contribution in [3.63, 3.8) is 0 Å². The summed E-state index contributed by atoms with van der Waals surface area (Å²) < 4.78 is 27.5. The normalized spacial score (nSPS) is 18.6. The maximum atomic E-state index is 12.7. The van der Waals surface area contributed by atoms with Gasteiger partial charge >= 0.3 is 0 Å². The summed E-state index contributed by atoms with van der Waals surface area (Å²) in [4.78, 5) is 1.08. The van der Waals surface area contributed by atoms with Gasteiger partial charge in [0.2, 0.25) is 0 Å². The molecule has 20 heavy (non-hydrogen) atoms. The van der Waals surface area contributed by atoms with Crippen LogP contribution in [0.1, 0.15) is 43.9 Å². The maximum Gasteiger partial charge on any atom is 0.252 e. The first kappa shape index (κ1) is 15.9. The molecule has 0 atom stereocenters. The zero-order chi connectivity index (χ0) is 14.4. The van der Waals surface area contributed by atoms with E-state index in [2.05, 4.69) is 5.32 Å². The lowest BCUT2D eigenvalue weighted by atomic mass is 10.1. The van der Waals surface area contributed by atoms with E-state index in [1.165, 1.54) is 17.8 Å². The van der Waals surface area contributed by atoms with E-state index >= 15 is 0 Å². The quantitative estimate of drug-likeness (QED) is 0.909. The highest BCUT2D eigenvalue weighted by Crippen LogP contribution is 2.26. The van der Waals surface area contributed by atoms with Crippen molar-refractivity contribution in [3.8, 4) is 0 Å². The Hall–Kier alpha value is -0.430. The molecule has 1 aliphatic rings. The van der Waals surface area contributed by atoms with Gasteiger partial charge in [-0.25, -0.2) is 8.42 Å². The van der Waals surface area contributed by atoms with Crippen LogP contribution in [0.5, 0.6) is 0 Å². The van der Waals surface area contributed by atoms with E-state index in [-0.39, 0.29) is 0 Å². The van der Waals surface area contributed by atoms with E-state index in [0.29, 0.717) is 17.3 Å². The molecule has 6 heteroatoms. The summed E-state index contributed by atoms with van der Waals surface area (Å²) in [5.41, 5.74) is 0. The van der Waals surface area contributed by atoms with Gasteiger partial charge in [0.25, 0.3) is 10.0 Å². The van der Waals surface area contributed by atoms with Crippen LogP contribution in [0.15, 0.2) is 16.3 Å². The van der Waals surface area contributed by atoms with E-state index < -0.39 is 10.0 Å². The molecule has 0 spiro atoms. The Morgan fingerprint density at radius 2 is 1.80 bits per heavy atom. The van der Waals surface area contributed by atoms with Crippen LogP contribution in [0.4, 0.5) is 0 Å². The number of sulfonamides is 1. The van der Waals surface area contributed by atoms with Crippen LogP contribution in [-0.4, -0.2) is 32.4 Å². The average Bonchev–Trinajstić information content (AvgIpc) is 2.84. The van der Waals surface area contributed by atoms with Gasteiger partial charge in [-0.05, 0) is 31.5 Å². The molecule has 1 N–H and O–H groups in total. The summed E-state index contributed by atoms with van der Waals surface area (Å²) in [6.07, 6.45) is 5.48. The largest absolute Gasteiger partial charge is 0.312 e. The van der Waals surface area contributed by atoms with Gasteiger partial charge in [-0.1, -0.05) is 26.2 Å². The summed E-state index contributed by atoms with van der Waals surface area (Å²) in [6, 6.07) is 3.68. The van der Waals surface area contributed by atoms with Crippen LogP contribution in [0.2, 0.25) is 0 Å². The topological polar surface area (TPSA) is 49.4 Å². The minimum absolute atomic E-state index is 0.492. The lowest BCUT2D eigenvalue weighted by Gasteiger charge is -2.23. The smallest absolute Gasteiger partial charge is 0.252 e. The molecular formula is C14H24N2O2S2. The predicted octanol–water partition coefficient (Wildman–Crippen LogP) is 2.81. The second-order valence-corrected chi connectivity index (χ2v) is 8.51. The van der Waals surface area contributed by atoms with Crippen molar-refractivity contribution < 1.29 is 8.42 Å². The molecule has 0 aliphatic carbocycles. The van der Waals surface area contributed by atoms with E-state index in [9.17, 15) is 8.42 Å². The van der Waals surface area contributed by atoms with Crippen LogP contribution in [0.3, 0.4) is 0 Å². The highest BCUT2D eigenvalue weighted by molar-refractivity contribution is 7.91. The van der Waals surface area contributed by atoms with Gasteiger partial charge in [0.05, 0.1) is 0 Å². The first-order chi connectivity index (χ1) is 9.64. The molecule has 1 fully saturated rings. The van der Waals surface area contributed by atoms with Crippen molar-refractivity contribution in [2.45, 2.75) is 49.8 Å². The minimum Gasteiger partial charge on any atom is -0.312 e. The molecule has 114 valence electrons. The van der Waals surface area contributed by atoms with Crippen molar-refractivity contribution in [2.24, 2.45) is 0 Å². The second-order valence-electron chi connectivity index (χ2n) is 5.17. The van der Waals surface area contributed by atoms with Crippen molar-refractivity contribution in [1.82, 2.24) is 9.62 Å². The van der Waals surface area contributed by atoms with Crippen LogP contribution in [-0.2, 0) is 16.6 Å². The van der Waals surface area contributed by atoms with Crippen LogP contribution < -0.4 is 5.32 Å².